The Morgan fingerprint density at radius 1 is 0.576 bits per heavy atom. The van der Waals surface area contributed by atoms with E-state index in [4.69, 9.17) is 38.3 Å². The molecule has 0 radical (unpaired) electrons. The van der Waals surface area contributed by atoms with Gasteiger partial charge in [0.2, 0.25) is 5.88 Å². The van der Waals surface area contributed by atoms with Crippen LogP contribution in [0.2, 0.25) is 0 Å². The van der Waals surface area contributed by atoms with Crippen LogP contribution in [0.1, 0.15) is 86.2 Å². The monoisotopic (exact) mass is 1270 g/mol. The van der Waals surface area contributed by atoms with Crippen LogP contribution in [0.4, 0.5) is 32.3 Å². The van der Waals surface area contributed by atoms with E-state index in [1.807, 2.05) is 119 Å². The van der Waals surface area contributed by atoms with Gasteiger partial charge >= 0.3 is 24.1 Å². The van der Waals surface area contributed by atoms with Crippen LogP contribution in [0, 0.1) is 3.70 Å². The Hall–Kier alpha value is -8.71. The minimum absolute atomic E-state index is 0.266. The first kappa shape index (κ1) is 62.3. The second kappa shape index (κ2) is 27.8. The van der Waals surface area contributed by atoms with E-state index in [2.05, 4.69) is 48.3 Å². The first-order chi connectivity index (χ1) is 40.6. The minimum atomic E-state index is -0.576. The smallest absolute Gasteiger partial charge is 0.410 e. The number of ether oxygens (including phenoxy) is 7. The largest absolute Gasteiger partial charge is 0.497 e. The number of aliphatic hydroxyl groups is 1. The van der Waals surface area contributed by atoms with Gasteiger partial charge in [0, 0.05) is 49.8 Å². The topological polar surface area (TPSA) is 245 Å². The van der Waals surface area contributed by atoms with Crippen molar-refractivity contribution in [1.82, 2.24) is 39.3 Å². The summed E-state index contributed by atoms with van der Waals surface area (Å²) < 4.78 is 41.8. The zero-order valence-electron chi connectivity index (χ0n) is 49.3. The molecule has 2 amide bonds. The summed E-state index contributed by atoms with van der Waals surface area (Å²) in [6.45, 7) is 14.0. The van der Waals surface area contributed by atoms with Gasteiger partial charge < -0.3 is 58.7 Å². The molecular formula is C62H71IN10O12. The fourth-order valence-corrected chi connectivity index (χ4v) is 9.86. The molecule has 0 aliphatic carbocycles. The molecule has 2 saturated heterocycles. The number of halogens is 1. The number of benzene rings is 4. The number of amides is 2. The number of hydrogen-bond donors (Lipinski definition) is 3. The van der Waals surface area contributed by atoms with Gasteiger partial charge in [-0.15, -0.1) is 5.10 Å². The van der Waals surface area contributed by atoms with Gasteiger partial charge in [0.25, 0.3) is 0 Å². The Morgan fingerprint density at radius 2 is 1.01 bits per heavy atom. The average Bonchev–Trinajstić information content (AvgIpc) is 2.18. The third-order valence-electron chi connectivity index (χ3n) is 13.2. The highest BCUT2D eigenvalue weighted by molar-refractivity contribution is 14.1. The maximum atomic E-state index is 12.6. The summed E-state index contributed by atoms with van der Waals surface area (Å²) in [6, 6.07) is 33.6. The molecule has 4 aromatic heterocycles. The number of nitrogens with zero attached hydrogens (tertiary/aromatic N) is 8. The van der Waals surface area contributed by atoms with Crippen LogP contribution in [0.15, 0.2) is 122 Å². The molecule has 0 spiro atoms. The van der Waals surface area contributed by atoms with Gasteiger partial charge in [-0.05, 0) is 167 Å². The van der Waals surface area contributed by atoms with Crippen molar-refractivity contribution in [2.75, 3.05) is 65.3 Å². The molecule has 10 rings (SSSR count). The molecule has 3 N–H and O–H groups in total. The van der Waals surface area contributed by atoms with Crippen molar-refractivity contribution in [3.63, 3.8) is 0 Å². The van der Waals surface area contributed by atoms with Gasteiger partial charge in [0.1, 0.15) is 37.9 Å². The summed E-state index contributed by atoms with van der Waals surface area (Å²) in [5.41, 5.74) is 6.75. The van der Waals surface area contributed by atoms with Crippen molar-refractivity contribution in [3.05, 3.63) is 148 Å². The third kappa shape index (κ3) is 16.8. The fourth-order valence-electron chi connectivity index (χ4n) is 9.07. The Balaban J connectivity index is 0.000000189. The Kier molecular flexibility index (Phi) is 20.4. The molecule has 2 aliphatic heterocycles. The maximum Gasteiger partial charge on any atom is 0.410 e. The van der Waals surface area contributed by atoms with Crippen LogP contribution in [-0.4, -0.2) is 147 Å². The quantitative estimate of drug-likeness (QED) is 0.0520. The molecule has 23 heteroatoms. The van der Waals surface area contributed by atoms with Gasteiger partial charge in [-0.2, -0.15) is 5.10 Å². The van der Waals surface area contributed by atoms with E-state index in [9.17, 15) is 24.3 Å². The first-order valence-corrected chi connectivity index (χ1v) is 28.5. The molecule has 6 heterocycles. The van der Waals surface area contributed by atoms with Crippen molar-refractivity contribution < 1.29 is 57.4 Å². The zero-order chi connectivity index (χ0) is 61.0. The van der Waals surface area contributed by atoms with Gasteiger partial charge in [-0.25, -0.2) is 38.5 Å². The van der Waals surface area contributed by atoms with Crippen LogP contribution >= 0.6 is 22.6 Å². The molecule has 4 aromatic carbocycles. The minimum Gasteiger partial charge on any atom is -0.497 e. The van der Waals surface area contributed by atoms with Gasteiger partial charge in [-0.1, -0.05) is 24.3 Å². The predicted molar refractivity (Wildman–Crippen MR) is 329 cm³/mol. The Morgan fingerprint density at radius 3 is 1.45 bits per heavy atom. The average molecular weight is 1280 g/mol. The molecule has 2 atom stereocenters. The third-order valence-corrected chi connectivity index (χ3v) is 14.0. The van der Waals surface area contributed by atoms with E-state index in [1.165, 1.54) is 19.1 Å². The number of esters is 2. The second-order valence-corrected chi connectivity index (χ2v) is 23.0. The number of nitrogens with one attached hydrogen (secondary N) is 2. The van der Waals surface area contributed by atoms with Gasteiger partial charge in [0.05, 0.1) is 82.1 Å². The van der Waals surface area contributed by atoms with E-state index in [-0.39, 0.29) is 30.4 Å². The van der Waals surface area contributed by atoms with E-state index >= 15 is 0 Å². The molecule has 0 bridgehead atoms. The summed E-state index contributed by atoms with van der Waals surface area (Å²) >= 11 is 2.23. The van der Waals surface area contributed by atoms with Crippen LogP contribution in [-0.2, 0) is 32.0 Å². The highest BCUT2D eigenvalue weighted by Crippen LogP contribution is 2.36. The number of hydrogen-bond acceptors (Lipinski definition) is 18. The van der Waals surface area contributed by atoms with Gasteiger partial charge in [-0.3, -0.25) is 0 Å². The number of methoxy groups -OCH3 is 4. The maximum absolute atomic E-state index is 12.6. The summed E-state index contributed by atoms with van der Waals surface area (Å²) in [4.78, 5) is 59.9. The first-order valence-electron chi connectivity index (χ1n) is 27.4. The lowest BCUT2D eigenvalue weighted by atomic mass is 10.2. The highest BCUT2D eigenvalue weighted by Gasteiger charge is 2.33. The number of pyridine rings is 2. The number of fused-ring (bicyclic) bond motifs is 2. The fraction of sp³-hybridized carbons (Fsp3) is 0.355. The van der Waals surface area contributed by atoms with Crippen LogP contribution in [0.25, 0.3) is 22.1 Å². The van der Waals surface area contributed by atoms with E-state index < -0.39 is 17.2 Å². The zero-order valence-corrected chi connectivity index (χ0v) is 51.4. The van der Waals surface area contributed by atoms with E-state index in [1.54, 1.807) is 72.6 Å². The van der Waals surface area contributed by atoms with E-state index in [0.29, 0.717) is 80.2 Å². The summed E-state index contributed by atoms with van der Waals surface area (Å²) in [5.74, 6) is 1.24. The Bertz CT molecular complexity index is 3580. The Labute approximate surface area is 506 Å². The number of carbonyl (C=O) groups is 4. The standard InChI is InChI=1S/C31H35N5O6.C22H19IN4O3.C9H17NO3/c1-31(2,3)42-30(38)35-17-15-24(19-35)41-28-26-25(33-22-10-8-21(9-11-22)29(37)40-5)14-16-32-27(26)36(34-28)18-20-6-12-23(39-4)13-7-20;1-29-17-9-3-14(4-10-17)13-27-21-19(20(23)26-27)18(11-12-24-21)25-16-7-5-15(6-8-16)22(28)30-2;1-9(2,3)13-8(12)10-5-4-7(11)6-10/h6-14,16,24H,15,17-19H2,1-5H3,(H,32,33);3-12H,13H2,1-2H3,(H,24,25);7,11H,4-6H2,1-3H3/t24-;;7-/m1.1/s1. The molecule has 448 valence electrons. The number of β-amino-alcohol motifs (C(OH)–C–C–N with tert-alkyl or cyclic N) is 1. The molecule has 0 saturated carbocycles. The van der Waals surface area contributed by atoms with Crippen molar-refractivity contribution in [2.24, 2.45) is 0 Å². The lowest BCUT2D eigenvalue weighted by Crippen LogP contribution is -2.36. The van der Waals surface area contributed by atoms with Crippen molar-refractivity contribution in [2.45, 2.75) is 90.9 Å². The summed E-state index contributed by atoms with van der Waals surface area (Å²) in [7, 11) is 6.01. The molecule has 85 heavy (non-hydrogen) atoms. The summed E-state index contributed by atoms with van der Waals surface area (Å²) in [6.07, 6.45) is 3.43. The predicted octanol–water partition coefficient (Wildman–Crippen LogP) is 11.0. The second-order valence-electron chi connectivity index (χ2n) is 21.9. The number of aromatic nitrogens is 6. The van der Waals surface area contributed by atoms with E-state index in [0.717, 1.165) is 60.1 Å². The lowest BCUT2D eigenvalue weighted by Gasteiger charge is -2.24. The molecule has 2 fully saturated rings. The number of aliphatic hydroxyl groups excluding tert-OH is 1. The van der Waals surface area contributed by atoms with Gasteiger partial charge in [0.15, 0.2) is 11.3 Å². The SMILES string of the molecule is CC(C)(C)OC(=O)N1CC[C@@H](O)C1.COC(=O)c1ccc(Nc2ccnc3c2c(I)nn3Cc2ccc(OC)cc2)cc1.COC(=O)c1ccc(Nc2ccnc3c2c(O[C@@H]2CCN(C(=O)OC(C)(C)C)C2)nn3Cc2ccc(OC)cc2)cc1. The number of anilines is 4. The normalized spacial score (nSPS) is 14.8. The lowest BCUT2D eigenvalue weighted by molar-refractivity contribution is 0.0263. The van der Waals surface area contributed by atoms with Crippen LogP contribution in [0.5, 0.6) is 17.4 Å². The highest BCUT2D eigenvalue weighted by atomic mass is 127. The molecule has 2 aliphatic rings. The van der Waals surface area contributed by atoms with Crippen molar-refractivity contribution in [1.29, 1.82) is 0 Å². The molecule has 8 aromatic rings. The number of likely N-dealkylation sites (tertiary alicyclic amines) is 2. The van der Waals surface area contributed by atoms with Crippen molar-refractivity contribution >= 4 is 91.5 Å². The molecule has 22 nitrogen and oxygen atoms in total. The van der Waals surface area contributed by atoms with Crippen molar-refractivity contribution in [3.8, 4) is 17.4 Å². The molecular weight excluding hydrogens is 1200 g/mol. The van der Waals surface area contributed by atoms with Crippen LogP contribution in [0.3, 0.4) is 0 Å². The molecule has 0 unspecified atom stereocenters. The summed E-state index contributed by atoms with van der Waals surface area (Å²) in [5, 5.41) is 27.2. The van der Waals surface area contributed by atoms with Crippen LogP contribution < -0.4 is 24.8 Å². The number of carbonyl (C=O) groups excluding carboxylic acids is 4. The number of rotatable bonds is 14.